The van der Waals surface area contributed by atoms with Gasteiger partial charge in [-0.15, -0.1) is 54.1 Å². The second-order valence-corrected chi connectivity index (χ2v) is 20.0. The number of furan rings is 1. The molecule has 5 nitrogen and oxygen atoms in total. The van der Waals surface area contributed by atoms with Crippen LogP contribution in [0.3, 0.4) is 0 Å². The fourth-order valence-electron chi connectivity index (χ4n) is 7.00. The van der Waals surface area contributed by atoms with Crippen molar-refractivity contribution in [3.63, 3.8) is 0 Å². The minimum Gasteiger partial charge on any atom is -0.486 e. The summed E-state index contributed by atoms with van der Waals surface area (Å²) in [5.41, 5.74) is 9.92. The molecular formula is C49H44IrN4OSi-2. The molecule has 0 bridgehead atoms. The van der Waals surface area contributed by atoms with Crippen LogP contribution in [0.15, 0.2) is 150 Å². The number of nitrogens with zero attached hydrogens (tertiary/aromatic N) is 4. The molecule has 5 aromatic carbocycles. The Morgan fingerprint density at radius 1 is 0.786 bits per heavy atom. The van der Waals surface area contributed by atoms with Crippen LogP contribution in [0.4, 0.5) is 0 Å². The molecule has 7 heteroatoms. The summed E-state index contributed by atoms with van der Waals surface area (Å²) in [5, 5.41) is 3.12. The first-order chi connectivity index (χ1) is 27.5. The Bertz CT molecular complexity index is 2820. The van der Waals surface area contributed by atoms with E-state index in [2.05, 4.69) is 82.7 Å². The third-order valence-corrected chi connectivity index (χ3v) is 11.9. The zero-order valence-electron chi connectivity index (χ0n) is 34.2. The molecule has 0 saturated heterocycles. The van der Waals surface area contributed by atoms with Crippen molar-refractivity contribution in [2.75, 3.05) is 0 Å². The largest absolute Gasteiger partial charge is 0.486 e. The molecule has 0 amide bonds. The van der Waals surface area contributed by atoms with Crippen LogP contribution in [0, 0.1) is 19.1 Å². The summed E-state index contributed by atoms with van der Waals surface area (Å²) < 4.78 is 26.5. The monoisotopic (exact) mass is 927 g/mol. The maximum absolute atomic E-state index is 9.04. The number of rotatable bonds is 8. The fourth-order valence-corrected chi connectivity index (χ4v) is 8.41. The van der Waals surface area contributed by atoms with Gasteiger partial charge in [0.25, 0.3) is 0 Å². The van der Waals surface area contributed by atoms with Crippen LogP contribution in [0.25, 0.3) is 55.7 Å². The first-order valence-electron chi connectivity index (χ1n) is 19.7. The van der Waals surface area contributed by atoms with E-state index in [1.807, 2.05) is 123 Å². The van der Waals surface area contributed by atoms with E-state index < -0.39 is 14.4 Å². The number of hydrogen-bond donors (Lipinski definition) is 0. The molecule has 0 N–H and O–H groups in total. The molecule has 0 fully saturated rings. The van der Waals surface area contributed by atoms with Crippen LogP contribution >= 0.6 is 0 Å². The number of para-hydroxylation sites is 2. The number of pyridine rings is 2. The molecule has 1 radical (unpaired) electrons. The van der Waals surface area contributed by atoms with Gasteiger partial charge in [-0.2, -0.15) is 0 Å². The minimum absolute atomic E-state index is 0. The SMILES string of the molecule is Cc1ccc2c(n1)oc1c(-c3nc4ccccc4n3Cc3ccccc3)[c-]ccc12.[2H]C([2H])(c1cc(-c2[c-]cccc2)ncc1[Si](C)(C)C)C(C)c1ccccc1.[Ir]. The summed E-state index contributed by atoms with van der Waals surface area (Å²) in [6.07, 6.45) is 0.400. The average Bonchev–Trinajstić information content (AvgIpc) is 3.79. The summed E-state index contributed by atoms with van der Waals surface area (Å²) in [4.78, 5) is 14.2. The molecule has 0 aliphatic heterocycles. The van der Waals surface area contributed by atoms with Gasteiger partial charge in [-0.05, 0) is 65.5 Å². The zero-order valence-corrected chi connectivity index (χ0v) is 35.6. The molecule has 4 heterocycles. The molecule has 9 aromatic rings. The smallest absolute Gasteiger partial charge is 0.216 e. The minimum atomic E-state index is -1.77. The van der Waals surface area contributed by atoms with E-state index in [0.29, 0.717) is 5.71 Å². The third kappa shape index (κ3) is 8.22. The third-order valence-electron chi connectivity index (χ3n) is 9.87. The van der Waals surface area contributed by atoms with Gasteiger partial charge in [0, 0.05) is 46.7 Å². The fraction of sp³-hybridized carbons (Fsp3) is 0.163. The Hall–Kier alpha value is -5.46. The molecule has 4 aromatic heterocycles. The molecule has 9 rings (SSSR count). The van der Waals surface area contributed by atoms with Crippen molar-refractivity contribution >= 4 is 46.4 Å². The Morgan fingerprint density at radius 2 is 1.52 bits per heavy atom. The number of aromatic nitrogens is 4. The summed E-state index contributed by atoms with van der Waals surface area (Å²) in [5.74, 6) is 0.588. The molecule has 56 heavy (non-hydrogen) atoms. The number of hydrogen-bond acceptors (Lipinski definition) is 4. The molecule has 0 aliphatic carbocycles. The summed E-state index contributed by atoms with van der Waals surface area (Å²) in [7, 11) is -1.77. The van der Waals surface area contributed by atoms with Crippen molar-refractivity contribution in [2.24, 2.45) is 0 Å². The maximum Gasteiger partial charge on any atom is 0.216 e. The van der Waals surface area contributed by atoms with Gasteiger partial charge < -0.3 is 14.0 Å². The molecule has 1 atom stereocenters. The van der Waals surface area contributed by atoms with Gasteiger partial charge in [0.15, 0.2) is 0 Å². The molecule has 1 unspecified atom stereocenters. The Kier molecular flexibility index (Phi) is 10.8. The quantitative estimate of drug-likeness (QED) is 0.113. The first-order valence-corrected chi connectivity index (χ1v) is 22.2. The van der Waals surface area contributed by atoms with Crippen molar-refractivity contribution in [3.8, 4) is 22.6 Å². The van der Waals surface area contributed by atoms with Crippen LogP contribution in [-0.4, -0.2) is 27.6 Å². The van der Waals surface area contributed by atoms with Crippen LogP contribution < -0.4 is 5.19 Å². The van der Waals surface area contributed by atoms with Gasteiger partial charge in [0.2, 0.25) is 5.71 Å². The molecule has 281 valence electrons. The van der Waals surface area contributed by atoms with Crippen LogP contribution in [-0.2, 0) is 33.0 Å². The maximum atomic E-state index is 9.04. The second kappa shape index (κ2) is 16.7. The van der Waals surface area contributed by atoms with E-state index in [4.69, 9.17) is 12.1 Å². The van der Waals surface area contributed by atoms with Crippen molar-refractivity contribution in [1.82, 2.24) is 19.5 Å². The molecule has 0 aliphatic rings. The topological polar surface area (TPSA) is 56.7 Å². The molecular weight excluding hydrogens is 881 g/mol. The van der Waals surface area contributed by atoms with Crippen molar-refractivity contribution in [1.29, 1.82) is 0 Å². The normalized spacial score (nSPS) is 12.7. The van der Waals surface area contributed by atoms with Crippen LogP contribution in [0.2, 0.25) is 19.6 Å². The van der Waals surface area contributed by atoms with E-state index in [0.717, 1.165) is 78.6 Å². The van der Waals surface area contributed by atoms with E-state index in [1.54, 1.807) is 0 Å². The van der Waals surface area contributed by atoms with E-state index in [9.17, 15) is 0 Å². The molecule has 0 saturated carbocycles. The van der Waals surface area contributed by atoms with Crippen LogP contribution in [0.5, 0.6) is 0 Å². The van der Waals surface area contributed by atoms with Gasteiger partial charge in [0.05, 0.1) is 30.5 Å². The molecule has 0 spiro atoms. The number of fused-ring (bicyclic) bond motifs is 4. The van der Waals surface area contributed by atoms with Gasteiger partial charge in [0.1, 0.15) is 0 Å². The zero-order chi connectivity index (χ0) is 39.7. The van der Waals surface area contributed by atoms with Crippen molar-refractivity contribution in [2.45, 2.75) is 52.3 Å². The summed E-state index contributed by atoms with van der Waals surface area (Å²) in [6.45, 7) is 11.4. The number of benzene rings is 5. The number of aryl methyl sites for hydroxylation is 1. The Labute approximate surface area is 346 Å². The Balaban J connectivity index is 0.000000175. The number of imidazole rings is 1. The second-order valence-electron chi connectivity index (χ2n) is 14.9. The van der Waals surface area contributed by atoms with Gasteiger partial charge in [-0.1, -0.05) is 122 Å². The van der Waals surface area contributed by atoms with E-state index >= 15 is 0 Å². The summed E-state index contributed by atoms with van der Waals surface area (Å²) in [6, 6.07) is 52.9. The predicted octanol–water partition coefficient (Wildman–Crippen LogP) is 11.6. The first kappa shape index (κ1) is 36.2. The standard InChI is InChI=1S/C26H18N3O.C23H26NSi.Ir/c1-17-14-15-20-19-10-7-11-21(24(19)30-26(20)27-17)25-28-22-12-5-6-13-23(22)29(25)16-18-8-3-2-4-9-18;1-18(19-11-7-5-8-12-19)15-21-16-22(20-13-9-6-10-14-20)24-17-23(21)25(2,3)4;/h2-10,12-15H,16H2,1H3;5-13,16-18H,15H2,1-4H3;/q2*-1;/i;15D2;. The summed E-state index contributed by atoms with van der Waals surface area (Å²) >= 11 is 0. The van der Waals surface area contributed by atoms with Gasteiger partial charge in [-0.3, -0.25) is 4.98 Å². The van der Waals surface area contributed by atoms with Crippen molar-refractivity contribution in [3.05, 3.63) is 180 Å². The average molecular weight is 927 g/mol. The predicted molar refractivity (Wildman–Crippen MR) is 229 cm³/mol. The van der Waals surface area contributed by atoms with Crippen molar-refractivity contribution < 1.29 is 27.3 Å². The Morgan fingerprint density at radius 3 is 2.27 bits per heavy atom. The van der Waals surface area contributed by atoms with E-state index in [-0.39, 0.29) is 26.0 Å². The van der Waals surface area contributed by atoms with E-state index in [1.165, 1.54) is 5.56 Å². The van der Waals surface area contributed by atoms with Gasteiger partial charge in [-0.25, -0.2) is 4.98 Å². The van der Waals surface area contributed by atoms with Crippen LogP contribution in [0.1, 0.15) is 38.0 Å². The van der Waals surface area contributed by atoms with Gasteiger partial charge >= 0.3 is 0 Å².